The summed E-state index contributed by atoms with van der Waals surface area (Å²) in [6, 6.07) is 14.3. The molecule has 24 heavy (non-hydrogen) atoms. The van der Waals surface area contributed by atoms with E-state index in [2.05, 4.69) is 48.2 Å². The number of carbonyl (C=O) groups is 1. The van der Waals surface area contributed by atoms with Gasteiger partial charge in [0.2, 0.25) is 0 Å². The Balaban J connectivity index is 1.92. The van der Waals surface area contributed by atoms with Crippen LogP contribution >= 0.6 is 11.8 Å². The summed E-state index contributed by atoms with van der Waals surface area (Å²) < 4.78 is 5.24. The van der Waals surface area contributed by atoms with Crippen LogP contribution < -0.4 is 9.64 Å². The molecule has 4 nitrogen and oxygen atoms in total. The van der Waals surface area contributed by atoms with Crippen LogP contribution in [0.1, 0.15) is 13.3 Å². The van der Waals surface area contributed by atoms with Gasteiger partial charge in [0.05, 0.1) is 11.4 Å². The van der Waals surface area contributed by atoms with E-state index in [1.54, 1.807) is 11.8 Å². The van der Waals surface area contributed by atoms with Gasteiger partial charge < -0.3 is 14.5 Å². The summed E-state index contributed by atoms with van der Waals surface area (Å²) in [5, 5.41) is 0. The van der Waals surface area contributed by atoms with Gasteiger partial charge in [-0.15, -0.1) is 0 Å². The number of hydrogen-bond donors (Lipinski definition) is 0. The van der Waals surface area contributed by atoms with E-state index in [0.717, 1.165) is 24.4 Å². The van der Waals surface area contributed by atoms with Crippen LogP contribution in [0.5, 0.6) is 5.75 Å². The lowest BCUT2D eigenvalue weighted by Crippen LogP contribution is -2.25. The van der Waals surface area contributed by atoms with Crippen molar-refractivity contribution in [3.05, 3.63) is 42.5 Å². The molecule has 1 aliphatic heterocycles. The van der Waals surface area contributed by atoms with Crippen LogP contribution in [-0.2, 0) is 4.79 Å². The fourth-order valence-corrected chi connectivity index (χ4v) is 3.95. The molecule has 0 atom stereocenters. The molecule has 1 heterocycles. The van der Waals surface area contributed by atoms with Gasteiger partial charge in [-0.1, -0.05) is 23.9 Å². The number of nitrogens with zero attached hydrogens (tertiary/aromatic N) is 2. The maximum atomic E-state index is 11.2. The molecule has 0 amide bonds. The lowest BCUT2D eigenvalue weighted by Gasteiger charge is -2.33. The minimum absolute atomic E-state index is 0.293. The van der Waals surface area contributed by atoms with Crippen molar-refractivity contribution in [3.63, 3.8) is 0 Å². The number of esters is 1. The lowest BCUT2D eigenvalue weighted by molar-refractivity contribution is -0.131. The molecule has 0 saturated carbocycles. The molecule has 2 aromatic rings. The third kappa shape index (κ3) is 3.74. The minimum atomic E-state index is -0.293. The molecule has 0 unspecified atom stereocenters. The monoisotopic (exact) mass is 342 g/mol. The number of ether oxygens (including phenoxy) is 1. The summed E-state index contributed by atoms with van der Waals surface area (Å²) in [6.07, 6.45) is 1.08. The second-order valence-corrected chi connectivity index (χ2v) is 7.19. The summed E-state index contributed by atoms with van der Waals surface area (Å²) in [5.74, 6) is 0.306. The zero-order valence-corrected chi connectivity index (χ0v) is 15.1. The van der Waals surface area contributed by atoms with Crippen LogP contribution in [-0.4, -0.2) is 38.1 Å². The fourth-order valence-electron chi connectivity index (χ4n) is 2.83. The second-order valence-electron chi connectivity index (χ2n) is 6.10. The molecule has 0 N–H and O–H groups in total. The van der Waals surface area contributed by atoms with E-state index in [1.165, 1.54) is 23.2 Å². The summed E-state index contributed by atoms with van der Waals surface area (Å²) in [6.45, 7) is 3.43. The van der Waals surface area contributed by atoms with E-state index < -0.39 is 0 Å². The molecule has 2 aromatic carbocycles. The zero-order chi connectivity index (χ0) is 17.1. The summed E-state index contributed by atoms with van der Waals surface area (Å²) >= 11 is 1.72. The van der Waals surface area contributed by atoms with E-state index in [0.29, 0.717) is 5.75 Å². The first-order valence-corrected chi connectivity index (χ1v) is 8.88. The van der Waals surface area contributed by atoms with Gasteiger partial charge in [0.25, 0.3) is 0 Å². The second kappa shape index (κ2) is 7.28. The average Bonchev–Trinajstić information content (AvgIpc) is 2.53. The van der Waals surface area contributed by atoms with E-state index in [9.17, 15) is 4.79 Å². The smallest absolute Gasteiger partial charge is 0.308 e. The molecular weight excluding hydrogens is 320 g/mol. The first kappa shape index (κ1) is 16.9. The molecule has 0 fully saturated rings. The van der Waals surface area contributed by atoms with Crippen molar-refractivity contribution in [2.45, 2.75) is 23.1 Å². The number of hydrogen-bond acceptors (Lipinski definition) is 5. The number of fused-ring (bicyclic) bond motifs is 2. The molecule has 1 aliphatic rings. The van der Waals surface area contributed by atoms with Crippen LogP contribution in [0.2, 0.25) is 0 Å². The Labute approximate surface area is 147 Å². The van der Waals surface area contributed by atoms with Crippen molar-refractivity contribution in [3.8, 4) is 5.75 Å². The Hall–Kier alpha value is -1.98. The molecular formula is C19H22N2O2S. The zero-order valence-electron chi connectivity index (χ0n) is 14.3. The van der Waals surface area contributed by atoms with Crippen molar-refractivity contribution in [1.82, 2.24) is 4.90 Å². The van der Waals surface area contributed by atoms with Crippen LogP contribution in [0.15, 0.2) is 52.3 Å². The van der Waals surface area contributed by atoms with Gasteiger partial charge in [0, 0.05) is 23.3 Å². The molecule has 0 radical (unpaired) electrons. The maximum absolute atomic E-state index is 11.2. The van der Waals surface area contributed by atoms with E-state index in [1.807, 2.05) is 18.2 Å². The number of rotatable bonds is 5. The van der Waals surface area contributed by atoms with Crippen molar-refractivity contribution in [2.24, 2.45) is 0 Å². The SMILES string of the molecule is CC(=O)Oc1ccc2c(c1)Sc1ccccc1N2CCCN(C)C. The van der Waals surface area contributed by atoms with E-state index in [-0.39, 0.29) is 5.97 Å². The number of para-hydroxylation sites is 1. The van der Waals surface area contributed by atoms with Crippen molar-refractivity contribution in [2.75, 3.05) is 32.1 Å². The van der Waals surface area contributed by atoms with Crippen molar-refractivity contribution >= 4 is 29.1 Å². The molecule has 5 heteroatoms. The highest BCUT2D eigenvalue weighted by Crippen LogP contribution is 2.49. The largest absolute Gasteiger partial charge is 0.427 e. The number of anilines is 2. The predicted molar refractivity (Wildman–Crippen MR) is 98.5 cm³/mol. The van der Waals surface area contributed by atoms with Crippen molar-refractivity contribution < 1.29 is 9.53 Å². The number of carbonyl (C=O) groups excluding carboxylic acids is 1. The third-order valence-electron chi connectivity index (χ3n) is 3.85. The molecule has 126 valence electrons. The van der Waals surface area contributed by atoms with Crippen LogP contribution in [0.25, 0.3) is 0 Å². The maximum Gasteiger partial charge on any atom is 0.308 e. The Kier molecular flexibility index (Phi) is 5.11. The number of benzene rings is 2. The van der Waals surface area contributed by atoms with Crippen LogP contribution in [0.3, 0.4) is 0 Å². The Morgan fingerprint density at radius 3 is 2.62 bits per heavy atom. The average molecular weight is 342 g/mol. The van der Waals surface area contributed by atoms with E-state index >= 15 is 0 Å². The fraction of sp³-hybridized carbons (Fsp3) is 0.316. The van der Waals surface area contributed by atoms with Gasteiger partial charge >= 0.3 is 5.97 Å². The summed E-state index contributed by atoms with van der Waals surface area (Å²) in [4.78, 5) is 18.1. The van der Waals surface area contributed by atoms with Gasteiger partial charge in [0.15, 0.2) is 0 Å². The van der Waals surface area contributed by atoms with Crippen LogP contribution in [0.4, 0.5) is 11.4 Å². The highest BCUT2D eigenvalue weighted by molar-refractivity contribution is 7.99. The highest BCUT2D eigenvalue weighted by Gasteiger charge is 2.23. The van der Waals surface area contributed by atoms with Gasteiger partial charge in [0.1, 0.15) is 5.75 Å². The van der Waals surface area contributed by atoms with Crippen LogP contribution in [0, 0.1) is 0 Å². The van der Waals surface area contributed by atoms with Gasteiger partial charge in [-0.05, 0) is 57.4 Å². The highest BCUT2D eigenvalue weighted by atomic mass is 32.2. The molecule has 3 rings (SSSR count). The topological polar surface area (TPSA) is 32.8 Å². The third-order valence-corrected chi connectivity index (χ3v) is 4.96. The molecule has 0 saturated heterocycles. The Bertz CT molecular complexity index is 746. The van der Waals surface area contributed by atoms with Gasteiger partial charge in [-0.25, -0.2) is 0 Å². The minimum Gasteiger partial charge on any atom is -0.427 e. The quantitative estimate of drug-likeness (QED) is 0.602. The molecule has 0 spiro atoms. The molecule has 0 aliphatic carbocycles. The Morgan fingerprint density at radius 1 is 1.12 bits per heavy atom. The van der Waals surface area contributed by atoms with Gasteiger partial charge in [-0.3, -0.25) is 4.79 Å². The molecule has 0 aromatic heterocycles. The normalized spacial score (nSPS) is 12.8. The van der Waals surface area contributed by atoms with Crippen molar-refractivity contribution in [1.29, 1.82) is 0 Å². The van der Waals surface area contributed by atoms with Gasteiger partial charge in [-0.2, -0.15) is 0 Å². The Morgan fingerprint density at radius 2 is 1.88 bits per heavy atom. The predicted octanol–water partition coefficient (Wildman–Crippen LogP) is 4.17. The standard InChI is InChI=1S/C19H22N2O2S/c1-14(22)23-15-9-10-17-19(13-15)24-18-8-5-4-7-16(18)21(17)12-6-11-20(2)3/h4-5,7-10,13H,6,11-12H2,1-3H3. The summed E-state index contributed by atoms with van der Waals surface area (Å²) in [5.41, 5.74) is 2.42. The molecule has 0 bridgehead atoms. The van der Waals surface area contributed by atoms with E-state index in [4.69, 9.17) is 4.74 Å². The first-order valence-electron chi connectivity index (χ1n) is 8.06. The summed E-state index contributed by atoms with van der Waals surface area (Å²) in [7, 11) is 4.19. The lowest BCUT2D eigenvalue weighted by atomic mass is 10.2. The first-order chi connectivity index (χ1) is 11.5.